The molecule has 1 atom stereocenters. The van der Waals surface area contributed by atoms with Crippen LogP contribution in [0.3, 0.4) is 0 Å². The van der Waals surface area contributed by atoms with E-state index in [1.807, 2.05) is 38.1 Å². The fraction of sp³-hybridized carbons (Fsp3) is 0.533. The minimum Gasteiger partial charge on any atom is -0.383 e. The molecule has 0 aliphatic heterocycles. The molecule has 0 saturated heterocycles. The Morgan fingerprint density at radius 3 is 2.35 bits per heavy atom. The molecule has 0 spiro atoms. The molecule has 0 radical (unpaired) electrons. The molecule has 0 saturated carbocycles. The maximum absolute atomic E-state index is 12.2. The van der Waals surface area contributed by atoms with Crippen LogP contribution in [0.2, 0.25) is 5.02 Å². The highest BCUT2D eigenvalue weighted by molar-refractivity contribution is 6.30. The number of hydrogen-bond donors (Lipinski definition) is 2. The van der Waals surface area contributed by atoms with Crippen molar-refractivity contribution < 1.29 is 9.53 Å². The molecule has 1 unspecified atom stereocenters. The van der Waals surface area contributed by atoms with Crippen molar-refractivity contribution in [1.82, 2.24) is 5.32 Å². The van der Waals surface area contributed by atoms with Crippen LogP contribution in [0.1, 0.15) is 32.3 Å². The Morgan fingerprint density at radius 2 is 1.90 bits per heavy atom. The van der Waals surface area contributed by atoms with E-state index < -0.39 is 11.6 Å². The van der Waals surface area contributed by atoms with E-state index >= 15 is 0 Å². The molecule has 3 N–H and O–H groups in total. The molecule has 112 valence electrons. The SMILES string of the molecule is CCC(CC)(NC(=O)C(N)COC)c1ccc(Cl)cc1. The van der Waals surface area contributed by atoms with Gasteiger partial charge in [-0.3, -0.25) is 4.79 Å². The molecule has 0 fully saturated rings. The average molecular weight is 299 g/mol. The summed E-state index contributed by atoms with van der Waals surface area (Å²) in [4.78, 5) is 12.2. The molecule has 1 aromatic carbocycles. The van der Waals surface area contributed by atoms with Gasteiger partial charge in [0.25, 0.3) is 0 Å². The van der Waals surface area contributed by atoms with Crippen LogP contribution in [0.15, 0.2) is 24.3 Å². The van der Waals surface area contributed by atoms with Crippen LogP contribution in [0.25, 0.3) is 0 Å². The summed E-state index contributed by atoms with van der Waals surface area (Å²) in [5.74, 6) is -0.203. The van der Waals surface area contributed by atoms with E-state index in [4.69, 9.17) is 22.1 Å². The summed E-state index contributed by atoms with van der Waals surface area (Å²) in [6.45, 7) is 4.29. The van der Waals surface area contributed by atoms with Crippen molar-refractivity contribution in [2.75, 3.05) is 13.7 Å². The summed E-state index contributed by atoms with van der Waals surface area (Å²) in [5, 5.41) is 3.74. The Balaban J connectivity index is 2.97. The Labute approximate surface area is 125 Å². The van der Waals surface area contributed by atoms with Gasteiger partial charge in [0.05, 0.1) is 12.1 Å². The van der Waals surface area contributed by atoms with Gasteiger partial charge in [-0.1, -0.05) is 37.6 Å². The Morgan fingerprint density at radius 1 is 1.35 bits per heavy atom. The highest BCUT2D eigenvalue weighted by Crippen LogP contribution is 2.29. The Kier molecular flexibility index (Phi) is 6.46. The van der Waals surface area contributed by atoms with Crippen LogP contribution in [-0.2, 0) is 15.1 Å². The van der Waals surface area contributed by atoms with Gasteiger partial charge in [0.1, 0.15) is 6.04 Å². The minimum absolute atomic E-state index is 0.203. The Hall–Kier alpha value is -1.10. The van der Waals surface area contributed by atoms with Gasteiger partial charge in [0.2, 0.25) is 5.91 Å². The van der Waals surface area contributed by atoms with Crippen LogP contribution >= 0.6 is 11.6 Å². The largest absolute Gasteiger partial charge is 0.383 e. The third kappa shape index (κ3) is 3.95. The maximum atomic E-state index is 12.2. The lowest BCUT2D eigenvalue weighted by Gasteiger charge is -2.34. The third-order valence-corrected chi connectivity index (χ3v) is 3.90. The topological polar surface area (TPSA) is 64.4 Å². The predicted molar refractivity (Wildman–Crippen MR) is 81.7 cm³/mol. The lowest BCUT2D eigenvalue weighted by atomic mass is 9.84. The highest BCUT2D eigenvalue weighted by Gasteiger charge is 2.31. The number of hydrogen-bond acceptors (Lipinski definition) is 3. The first kappa shape index (κ1) is 17.0. The van der Waals surface area contributed by atoms with Crippen molar-refractivity contribution >= 4 is 17.5 Å². The number of carbonyl (C=O) groups is 1. The van der Waals surface area contributed by atoms with Gasteiger partial charge in [-0.15, -0.1) is 0 Å². The number of methoxy groups -OCH3 is 1. The normalized spacial score (nSPS) is 13.1. The zero-order valence-electron chi connectivity index (χ0n) is 12.3. The van der Waals surface area contributed by atoms with Gasteiger partial charge < -0.3 is 15.8 Å². The first-order chi connectivity index (χ1) is 9.49. The maximum Gasteiger partial charge on any atom is 0.239 e. The molecule has 0 aliphatic rings. The van der Waals surface area contributed by atoms with E-state index in [2.05, 4.69) is 5.32 Å². The quantitative estimate of drug-likeness (QED) is 0.812. The van der Waals surface area contributed by atoms with Crippen LogP contribution in [0.4, 0.5) is 0 Å². The van der Waals surface area contributed by atoms with Crippen molar-refractivity contribution in [2.45, 2.75) is 38.3 Å². The van der Waals surface area contributed by atoms with Gasteiger partial charge >= 0.3 is 0 Å². The predicted octanol–water partition coefficient (Wildman–Crippen LogP) is 2.45. The molecule has 1 amide bonds. The lowest BCUT2D eigenvalue weighted by molar-refractivity contribution is -0.125. The number of carbonyl (C=O) groups excluding carboxylic acids is 1. The molecule has 0 bridgehead atoms. The van der Waals surface area contributed by atoms with E-state index in [0.29, 0.717) is 5.02 Å². The van der Waals surface area contributed by atoms with Crippen LogP contribution < -0.4 is 11.1 Å². The summed E-state index contributed by atoms with van der Waals surface area (Å²) in [7, 11) is 1.53. The smallest absolute Gasteiger partial charge is 0.239 e. The molecule has 5 heteroatoms. The van der Waals surface area contributed by atoms with Crippen molar-refractivity contribution in [3.63, 3.8) is 0 Å². The van der Waals surface area contributed by atoms with E-state index in [-0.39, 0.29) is 12.5 Å². The van der Waals surface area contributed by atoms with E-state index in [1.54, 1.807) is 0 Å². The van der Waals surface area contributed by atoms with Gasteiger partial charge in [0.15, 0.2) is 0 Å². The second-order valence-electron chi connectivity index (χ2n) is 4.85. The molecule has 1 rings (SSSR count). The third-order valence-electron chi connectivity index (χ3n) is 3.65. The lowest BCUT2D eigenvalue weighted by Crippen LogP contribution is -2.52. The molecule has 0 aromatic heterocycles. The fourth-order valence-corrected chi connectivity index (χ4v) is 2.39. The number of amides is 1. The average Bonchev–Trinajstić information content (AvgIpc) is 2.46. The summed E-state index contributed by atoms with van der Waals surface area (Å²) in [6.07, 6.45) is 1.55. The van der Waals surface area contributed by atoms with E-state index in [1.165, 1.54) is 7.11 Å². The molecule has 20 heavy (non-hydrogen) atoms. The van der Waals surface area contributed by atoms with Crippen LogP contribution in [0, 0.1) is 0 Å². The zero-order valence-corrected chi connectivity index (χ0v) is 13.0. The van der Waals surface area contributed by atoms with Crippen molar-refractivity contribution in [3.05, 3.63) is 34.9 Å². The fourth-order valence-electron chi connectivity index (χ4n) is 2.26. The molecular formula is C15H23ClN2O2. The number of rotatable bonds is 7. The zero-order chi connectivity index (χ0) is 15.2. The molecule has 0 aliphatic carbocycles. The van der Waals surface area contributed by atoms with Crippen molar-refractivity contribution in [1.29, 1.82) is 0 Å². The molecular weight excluding hydrogens is 276 g/mol. The molecule has 0 heterocycles. The summed E-state index contributed by atoms with van der Waals surface area (Å²) in [6, 6.07) is 6.88. The van der Waals surface area contributed by atoms with Crippen molar-refractivity contribution in [2.24, 2.45) is 5.73 Å². The number of halogens is 1. The minimum atomic E-state index is -0.662. The number of nitrogens with one attached hydrogen (secondary N) is 1. The summed E-state index contributed by atoms with van der Waals surface area (Å²) in [5.41, 5.74) is 6.40. The summed E-state index contributed by atoms with van der Waals surface area (Å²) < 4.78 is 4.92. The van der Waals surface area contributed by atoms with Gasteiger partial charge in [0, 0.05) is 12.1 Å². The van der Waals surface area contributed by atoms with Gasteiger partial charge in [-0.25, -0.2) is 0 Å². The molecule has 4 nitrogen and oxygen atoms in total. The highest BCUT2D eigenvalue weighted by atomic mass is 35.5. The van der Waals surface area contributed by atoms with E-state index in [9.17, 15) is 4.79 Å². The first-order valence-corrected chi connectivity index (χ1v) is 7.19. The number of nitrogens with two attached hydrogens (primary N) is 1. The van der Waals surface area contributed by atoms with Gasteiger partial charge in [-0.2, -0.15) is 0 Å². The first-order valence-electron chi connectivity index (χ1n) is 6.81. The second-order valence-corrected chi connectivity index (χ2v) is 5.28. The summed E-state index contributed by atoms with van der Waals surface area (Å²) >= 11 is 5.92. The van der Waals surface area contributed by atoms with E-state index in [0.717, 1.165) is 18.4 Å². The van der Waals surface area contributed by atoms with Crippen molar-refractivity contribution in [3.8, 4) is 0 Å². The van der Waals surface area contributed by atoms with Crippen LogP contribution in [0.5, 0.6) is 0 Å². The molecule has 1 aromatic rings. The standard InChI is InChI=1S/C15H23ClN2O2/c1-4-15(5-2,11-6-8-12(16)9-7-11)18-14(19)13(17)10-20-3/h6-9,13H,4-5,10,17H2,1-3H3,(H,18,19). The van der Waals surface area contributed by atoms with Gasteiger partial charge in [-0.05, 0) is 30.5 Å². The number of benzene rings is 1. The Bertz CT molecular complexity index is 430. The van der Waals surface area contributed by atoms with Crippen LogP contribution in [-0.4, -0.2) is 25.7 Å². The monoisotopic (exact) mass is 298 g/mol. The second kappa shape index (κ2) is 7.62. The number of ether oxygens (including phenoxy) is 1.